The summed E-state index contributed by atoms with van der Waals surface area (Å²) in [5, 5.41) is 4.31. The Morgan fingerprint density at radius 3 is 2.22 bits per heavy atom. The molecular weight excluding hydrogens is 304 g/mol. The zero-order valence-electron chi connectivity index (χ0n) is 14.2. The van der Waals surface area contributed by atoms with Crippen molar-refractivity contribution in [1.29, 1.82) is 0 Å². The van der Waals surface area contributed by atoms with Crippen molar-refractivity contribution in [3.63, 3.8) is 0 Å². The Bertz CT molecular complexity index is 667. The Kier molecular flexibility index (Phi) is 5.05. The SMILES string of the molecule is Cc1cc(C)c(C(c2ccccc2Cl)N2CCNCC2)c(C)c1. The number of aryl methyl sites for hydroxylation is 3. The number of piperazine rings is 1. The zero-order valence-corrected chi connectivity index (χ0v) is 15.0. The maximum absolute atomic E-state index is 6.58. The van der Waals surface area contributed by atoms with Crippen molar-refractivity contribution in [2.75, 3.05) is 26.2 Å². The van der Waals surface area contributed by atoms with Gasteiger partial charge in [0.25, 0.3) is 0 Å². The molecular formula is C20H25ClN2. The minimum absolute atomic E-state index is 0.228. The van der Waals surface area contributed by atoms with Crippen LogP contribution < -0.4 is 5.32 Å². The van der Waals surface area contributed by atoms with Crippen molar-refractivity contribution in [1.82, 2.24) is 10.2 Å². The second-order valence-corrected chi connectivity index (χ2v) is 6.93. The van der Waals surface area contributed by atoms with Crippen molar-refractivity contribution in [3.8, 4) is 0 Å². The molecule has 1 fully saturated rings. The molecule has 1 N–H and O–H groups in total. The second-order valence-electron chi connectivity index (χ2n) is 6.52. The van der Waals surface area contributed by atoms with E-state index < -0.39 is 0 Å². The third-order valence-electron chi connectivity index (χ3n) is 4.73. The van der Waals surface area contributed by atoms with Gasteiger partial charge in [-0.2, -0.15) is 0 Å². The Labute approximate surface area is 144 Å². The van der Waals surface area contributed by atoms with Crippen molar-refractivity contribution in [2.24, 2.45) is 0 Å². The minimum atomic E-state index is 0.228. The summed E-state index contributed by atoms with van der Waals surface area (Å²) >= 11 is 6.58. The van der Waals surface area contributed by atoms with Gasteiger partial charge >= 0.3 is 0 Å². The fraction of sp³-hybridized carbons (Fsp3) is 0.400. The lowest BCUT2D eigenvalue weighted by Crippen LogP contribution is -2.45. The smallest absolute Gasteiger partial charge is 0.0622 e. The molecule has 1 saturated heterocycles. The van der Waals surface area contributed by atoms with Gasteiger partial charge in [0.2, 0.25) is 0 Å². The Hall–Kier alpha value is -1.35. The fourth-order valence-electron chi connectivity index (χ4n) is 3.79. The number of halogens is 1. The van der Waals surface area contributed by atoms with E-state index in [0.717, 1.165) is 31.2 Å². The number of hydrogen-bond donors (Lipinski definition) is 1. The van der Waals surface area contributed by atoms with E-state index in [1.807, 2.05) is 12.1 Å². The molecule has 0 aliphatic carbocycles. The molecule has 2 aromatic carbocycles. The van der Waals surface area contributed by atoms with Crippen molar-refractivity contribution >= 4 is 11.6 Å². The van der Waals surface area contributed by atoms with Gasteiger partial charge in [-0.1, -0.05) is 47.5 Å². The molecule has 3 heteroatoms. The van der Waals surface area contributed by atoms with E-state index in [1.165, 1.54) is 27.8 Å². The molecule has 1 heterocycles. The van der Waals surface area contributed by atoms with E-state index >= 15 is 0 Å². The highest BCUT2D eigenvalue weighted by atomic mass is 35.5. The normalized spacial score (nSPS) is 17.2. The van der Waals surface area contributed by atoms with E-state index in [0.29, 0.717) is 0 Å². The number of nitrogens with one attached hydrogen (secondary N) is 1. The molecule has 1 unspecified atom stereocenters. The number of benzene rings is 2. The first-order valence-electron chi connectivity index (χ1n) is 8.35. The average molecular weight is 329 g/mol. The Morgan fingerprint density at radius 2 is 1.61 bits per heavy atom. The second kappa shape index (κ2) is 7.04. The summed E-state index contributed by atoms with van der Waals surface area (Å²) in [6, 6.07) is 13.1. The van der Waals surface area contributed by atoms with Crippen LogP contribution in [-0.4, -0.2) is 31.1 Å². The van der Waals surface area contributed by atoms with Crippen molar-refractivity contribution in [3.05, 3.63) is 69.2 Å². The van der Waals surface area contributed by atoms with E-state index in [-0.39, 0.29) is 6.04 Å². The molecule has 0 radical (unpaired) electrons. The lowest BCUT2D eigenvalue weighted by Gasteiger charge is -2.37. The third kappa shape index (κ3) is 3.45. The van der Waals surface area contributed by atoms with Crippen LogP contribution in [0.2, 0.25) is 5.02 Å². The molecule has 1 atom stereocenters. The van der Waals surface area contributed by atoms with Crippen LogP contribution >= 0.6 is 11.6 Å². The van der Waals surface area contributed by atoms with Gasteiger partial charge in [-0.25, -0.2) is 0 Å². The summed E-state index contributed by atoms with van der Waals surface area (Å²) in [5.74, 6) is 0. The molecule has 122 valence electrons. The molecule has 0 amide bonds. The number of rotatable bonds is 3. The lowest BCUT2D eigenvalue weighted by atomic mass is 9.88. The molecule has 0 bridgehead atoms. The van der Waals surface area contributed by atoms with Gasteiger partial charge in [-0.05, 0) is 49.1 Å². The minimum Gasteiger partial charge on any atom is -0.314 e. The van der Waals surface area contributed by atoms with Crippen LogP contribution in [0.25, 0.3) is 0 Å². The standard InChI is InChI=1S/C20H25ClN2/c1-14-12-15(2)19(16(3)13-14)20(23-10-8-22-9-11-23)17-6-4-5-7-18(17)21/h4-7,12-13,20,22H,8-11H2,1-3H3. The van der Waals surface area contributed by atoms with Crippen LogP contribution in [0, 0.1) is 20.8 Å². The Balaban J connectivity index is 2.14. The van der Waals surface area contributed by atoms with Crippen LogP contribution in [0.15, 0.2) is 36.4 Å². The van der Waals surface area contributed by atoms with Gasteiger partial charge < -0.3 is 5.32 Å². The van der Waals surface area contributed by atoms with E-state index in [2.05, 4.69) is 55.3 Å². The van der Waals surface area contributed by atoms with E-state index in [4.69, 9.17) is 11.6 Å². The Morgan fingerprint density at radius 1 is 1.00 bits per heavy atom. The summed E-state index contributed by atoms with van der Waals surface area (Å²) in [7, 11) is 0. The molecule has 2 nitrogen and oxygen atoms in total. The number of hydrogen-bond acceptors (Lipinski definition) is 2. The van der Waals surface area contributed by atoms with E-state index in [9.17, 15) is 0 Å². The predicted molar refractivity (Wildman–Crippen MR) is 98.4 cm³/mol. The molecule has 2 aromatic rings. The molecule has 1 aliphatic heterocycles. The van der Waals surface area contributed by atoms with Crippen LogP contribution in [0.5, 0.6) is 0 Å². The maximum atomic E-state index is 6.58. The molecule has 1 aliphatic rings. The summed E-state index contributed by atoms with van der Waals surface area (Å²) in [4.78, 5) is 2.56. The first kappa shape index (κ1) is 16.5. The number of nitrogens with zero attached hydrogens (tertiary/aromatic N) is 1. The molecule has 0 aromatic heterocycles. The fourth-order valence-corrected chi connectivity index (χ4v) is 4.03. The topological polar surface area (TPSA) is 15.3 Å². The average Bonchev–Trinajstić information content (AvgIpc) is 2.52. The van der Waals surface area contributed by atoms with Crippen LogP contribution in [0.4, 0.5) is 0 Å². The highest BCUT2D eigenvalue weighted by molar-refractivity contribution is 6.31. The quantitative estimate of drug-likeness (QED) is 0.905. The van der Waals surface area contributed by atoms with Crippen LogP contribution in [-0.2, 0) is 0 Å². The first-order valence-corrected chi connectivity index (χ1v) is 8.72. The van der Waals surface area contributed by atoms with Crippen LogP contribution in [0.3, 0.4) is 0 Å². The highest BCUT2D eigenvalue weighted by Crippen LogP contribution is 2.37. The van der Waals surface area contributed by atoms with Crippen molar-refractivity contribution in [2.45, 2.75) is 26.8 Å². The molecule has 0 spiro atoms. The van der Waals surface area contributed by atoms with E-state index in [1.54, 1.807) is 0 Å². The largest absolute Gasteiger partial charge is 0.314 e. The maximum Gasteiger partial charge on any atom is 0.0622 e. The van der Waals surface area contributed by atoms with Gasteiger partial charge in [0.15, 0.2) is 0 Å². The van der Waals surface area contributed by atoms with Gasteiger partial charge in [-0.15, -0.1) is 0 Å². The van der Waals surface area contributed by atoms with Gasteiger partial charge in [0, 0.05) is 31.2 Å². The zero-order chi connectivity index (χ0) is 16.4. The summed E-state index contributed by atoms with van der Waals surface area (Å²) < 4.78 is 0. The molecule has 0 saturated carbocycles. The molecule has 23 heavy (non-hydrogen) atoms. The van der Waals surface area contributed by atoms with Gasteiger partial charge in [0.1, 0.15) is 0 Å². The lowest BCUT2D eigenvalue weighted by molar-refractivity contribution is 0.197. The van der Waals surface area contributed by atoms with Crippen molar-refractivity contribution < 1.29 is 0 Å². The predicted octanol–water partition coefficient (Wildman–Crippen LogP) is 4.26. The molecule has 3 rings (SSSR count). The van der Waals surface area contributed by atoms with Gasteiger partial charge in [-0.3, -0.25) is 4.90 Å². The van der Waals surface area contributed by atoms with Crippen LogP contribution in [0.1, 0.15) is 33.9 Å². The summed E-state index contributed by atoms with van der Waals surface area (Å²) in [5.41, 5.74) is 6.65. The summed E-state index contributed by atoms with van der Waals surface area (Å²) in [6.45, 7) is 10.8. The first-order chi connectivity index (χ1) is 11.1. The third-order valence-corrected chi connectivity index (χ3v) is 5.07. The summed E-state index contributed by atoms with van der Waals surface area (Å²) in [6.07, 6.45) is 0. The monoisotopic (exact) mass is 328 g/mol. The highest BCUT2D eigenvalue weighted by Gasteiger charge is 2.27. The van der Waals surface area contributed by atoms with Gasteiger partial charge in [0.05, 0.1) is 6.04 Å².